The fourth-order valence-electron chi connectivity index (χ4n) is 2.13. The first-order valence-electron chi connectivity index (χ1n) is 5.86. The molecule has 0 saturated heterocycles. The molecule has 18 heavy (non-hydrogen) atoms. The number of halogens is 2. The van der Waals surface area contributed by atoms with E-state index in [0.717, 1.165) is 36.5 Å². The van der Waals surface area contributed by atoms with Crippen molar-refractivity contribution in [2.75, 3.05) is 19.7 Å². The van der Waals surface area contributed by atoms with Crippen LogP contribution < -0.4 is 10.5 Å². The van der Waals surface area contributed by atoms with Crippen molar-refractivity contribution in [3.05, 3.63) is 28.2 Å². The lowest BCUT2D eigenvalue weighted by Crippen LogP contribution is -2.45. The fraction of sp³-hybridized carbons (Fsp3) is 0.538. The fourth-order valence-corrected chi connectivity index (χ4v) is 2.54. The Morgan fingerprint density at radius 2 is 2.17 bits per heavy atom. The van der Waals surface area contributed by atoms with Crippen molar-refractivity contribution in [2.24, 2.45) is 5.73 Å². The SMILES string of the molecule is CC(C)(N)CN1CCOc2ccc(Br)cc2C1.Cl. The highest BCUT2D eigenvalue weighted by atomic mass is 79.9. The molecule has 0 unspecified atom stereocenters. The minimum atomic E-state index is -0.170. The van der Waals surface area contributed by atoms with Crippen molar-refractivity contribution < 1.29 is 4.74 Å². The first-order chi connectivity index (χ1) is 7.94. The van der Waals surface area contributed by atoms with Gasteiger partial charge in [-0.05, 0) is 32.0 Å². The van der Waals surface area contributed by atoms with Gasteiger partial charge in [-0.3, -0.25) is 4.90 Å². The van der Waals surface area contributed by atoms with E-state index in [1.807, 2.05) is 12.1 Å². The van der Waals surface area contributed by atoms with Crippen molar-refractivity contribution in [3.63, 3.8) is 0 Å². The van der Waals surface area contributed by atoms with E-state index in [4.69, 9.17) is 10.5 Å². The number of benzene rings is 1. The second-order valence-electron chi connectivity index (χ2n) is 5.30. The van der Waals surface area contributed by atoms with Gasteiger partial charge >= 0.3 is 0 Å². The standard InChI is InChI=1S/C13H19BrN2O.ClH/c1-13(2,15)9-16-5-6-17-12-4-3-11(14)7-10(12)8-16;/h3-4,7H,5-6,8-9,15H2,1-2H3;1H. The van der Waals surface area contributed by atoms with E-state index < -0.39 is 0 Å². The Balaban J connectivity index is 0.00000162. The van der Waals surface area contributed by atoms with Crippen molar-refractivity contribution >= 4 is 28.3 Å². The van der Waals surface area contributed by atoms with Crippen LogP contribution in [0.15, 0.2) is 22.7 Å². The van der Waals surface area contributed by atoms with E-state index in [0.29, 0.717) is 0 Å². The highest BCUT2D eigenvalue weighted by molar-refractivity contribution is 9.10. The number of nitrogens with zero attached hydrogens (tertiary/aromatic N) is 1. The molecule has 0 amide bonds. The second kappa shape index (κ2) is 6.24. The van der Waals surface area contributed by atoms with E-state index in [2.05, 4.69) is 40.7 Å². The molecule has 1 aliphatic rings. The van der Waals surface area contributed by atoms with Crippen LogP contribution in [-0.4, -0.2) is 30.1 Å². The summed E-state index contributed by atoms with van der Waals surface area (Å²) in [7, 11) is 0. The minimum absolute atomic E-state index is 0. The zero-order valence-electron chi connectivity index (χ0n) is 10.8. The minimum Gasteiger partial charge on any atom is -0.492 e. The monoisotopic (exact) mass is 334 g/mol. The van der Waals surface area contributed by atoms with Gasteiger partial charge in [0.05, 0.1) is 0 Å². The van der Waals surface area contributed by atoms with E-state index in [9.17, 15) is 0 Å². The quantitative estimate of drug-likeness (QED) is 0.903. The molecule has 0 aliphatic carbocycles. The maximum absolute atomic E-state index is 6.08. The molecule has 0 bridgehead atoms. The maximum Gasteiger partial charge on any atom is 0.123 e. The summed E-state index contributed by atoms with van der Waals surface area (Å²) in [6, 6.07) is 6.16. The van der Waals surface area contributed by atoms with Crippen LogP contribution in [0.2, 0.25) is 0 Å². The van der Waals surface area contributed by atoms with E-state index in [1.165, 1.54) is 5.56 Å². The van der Waals surface area contributed by atoms with Gasteiger partial charge in [0.2, 0.25) is 0 Å². The van der Waals surface area contributed by atoms with Gasteiger partial charge in [0.1, 0.15) is 12.4 Å². The molecule has 0 aromatic heterocycles. The highest BCUT2D eigenvalue weighted by Gasteiger charge is 2.20. The van der Waals surface area contributed by atoms with Crippen molar-refractivity contribution in [3.8, 4) is 5.75 Å². The number of hydrogen-bond donors (Lipinski definition) is 1. The van der Waals surface area contributed by atoms with Gasteiger partial charge in [-0.2, -0.15) is 0 Å². The van der Waals surface area contributed by atoms with Crippen LogP contribution in [0.3, 0.4) is 0 Å². The third-order valence-corrected chi connectivity index (χ3v) is 3.21. The lowest BCUT2D eigenvalue weighted by molar-refractivity contribution is 0.195. The van der Waals surface area contributed by atoms with Crippen LogP contribution in [0.5, 0.6) is 5.75 Å². The third kappa shape index (κ3) is 4.43. The molecule has 1 aromatic rings. The first kappa shape index (κ1) is 15.8. The summed E-state index contributed by atoms with van der Waals surface area (Å²) < 4.78 is 6.84. The van der Waals surface area contributed by atoms with Crippen LogP contribution in [-0.2, 0) is 6.54 Å². The summed E-state index contributed by atoms with van der Waals surface area (Å²) in [5.74, 6) is 0.991. The maximum atomic E-state index is 6.08. The van der Waals surface area contributed by atoms with Crippen LogP contribution in [0.25, 0.3) is 0 Å². The molecule has 1 heterocycles. The Kier molecular flexibility index (Phi) is 5.46. The van der Waals surface area contributed by atoms with E-state index in [1.54, 1.807) is 0 Å². The number of hydrogen-bond acceptors (Lipinski definition) is 3. The lowest BCUT2D eigenvalue weighted by Gasteiger charge is -2.28. The predicted molar refractivity (Wildman–Crippen MR) is 80.4 cm³/mol. The number of ether oxygens (including phenoxy) is 1. The Morgan fingerprint density at radius 3 is 2.83 bits per heavy atom. The molecule has 0 fully saturated rings. The topological polar surface area (TPSA) is 38.5 Å². The summed E-state index contributed by atoms with van der Waals surface area (Å²) in [4.78, 5) is 2.35. The average molecular weight is 336 g/mol. The van der Waals surface area contributed by atoms with Crippen LogP contribution in [0.4, 0.5) is 0 Å². The highest BCUT2D eigenvalue weighted by Crippen LogP contribution is 2.26. The second-order valence-corrected chi connectivity index (χ2v) is 6.22. The van der Waals surface area contributed by atoms with Gasteiger partial charge in [0, 0.05) is 35.2 Å². The summed E-state index contributed by atoms with van der Waals surface area (Å²) >= 11 is 3.50. The normalized spacial score (nSPS) is 16.2. The molecule has 3 nitrogen and oxygen atoms in total. The summed E-state index contributed by atoms with van der Waals surface area (Å²) in [5.41, 5.74) is 7.13. The Hall–Kier alpha value is -0.290. The zero-order valence-corrected chi connectivity index (χ0v) is 13.2. The van der Waals surface area contributed by atoms with Gasteiger partial charge in [0.15, 0.2) is 0 Å². The molecule has 0 spiro atoms. The first-order valence-corrected chi connectivity index (χ1v) is 6.66. The summed E-state index contributed by atoms with van der Waals surface area (Å²) in [5, 5.41) is 0. The zero-order chi connectivity index (χ0) is 12.5. The van der Waals surface area contributed by atoms with Crippen LogP contribution in [0.1, 0.15) is 19.4 Å². The smallest absolute Gasteiger partial charge is 0.123 e. The summed E-state index contributed by atoms with van der Waals surface area (Å²) in [6.45, 7) is 7.54. The molecular weight excluding hydrogens is 316 g/mol. The van der Waals surface area contributed by atoms with Crippen molar-refractivity contribution in [1.29, 1.82) is 0 Å². The van der Waals surface area contributed by atoms with Crippen LogP contribution in [0, 0.1) is 0 Å². The Morgan fingerprint density at radius 1 is 1.44 bits per heavy atom. The molecule has 0 radical (unpaired) electrons. The van der Waals surface area contributed by atoms with Gasteiger partial charge < -0.3 is 10.5 Å². The largest absolute Gasteiger partial charge is 0.492 e. The summed E-state index contributed by atoms with van der Waals surface area (Å²) in [6.07, 6.45) is 0. The van der Waals surface area contributed by atoms with Crippen molar-refractivity contribution in [1.82, 2.24) is 4.90 Å². The molecule has 1 aliphatic heterocycles. The molecular formula is C13H20BrClN2O. The molecule has 0 atom stereocenters. The van der Waals surface area contributed by atoms with E-state index >= 15 is 0 Å². The number of rotatable bonds is 2. The van der Waals surface area contributed by atoms with Gasteiger partial charge in [-0.1, -0.05) is 15.9 Å². The third-order valence-electron chi connectivity index (χ3n) is 2.71. The Labute approximate surface area is 123 Å². The van der Waals surface area contributed by atoms with Gasteiger partial charge in [0.25, 0.3) is 0 Å². The number of nitrogens with two attached hydrogens (primary N) is 1. The molecule has 2 rings (SSSR count). The molecule has 1 aromatic carbocycles. The van der Waals surface area contributed by atoms with Crippen LogP contribution >= 0.6 is 28.3 Å². The molecule has 2 N–H and O–H groups in total. The number of fused-ring (bicyclic) bond motifs is 1. The average Bonchev–Trinajstić information content (AvgIpc) is 2.36. The van der Waals surface area contributed by atoms with E-state index in [-0.39, 0.29) is 17.9 Å². The van der Waals surface area contributed by atoms with Gasteiger partial charge in [-0.15, -0.1) is 12.4 Å². The molecule has 0 saturated carbocycles. The Bertz CT molecular complexity index is 406. The predicted octanol–water partition coefficient (Wildman–Crippen LogP) is 2.80. The molecule has 5 heteroatoms. The van der Waals surface area contributed by atoms with Gasteiger partial charge in [-0.25, -0.2) is 0 Å². The lowest BCUT2D eigenvalue weighted by atomic mass is 10.1. The van der Waals surface area contributed by atoms with Crippen molar-refractivity contribution in [2.45, 2.75) is 25.9 Å². The molecule has 102 valence electrons.